The molecule has 5 nitrogen and oxygen atoms in total. The average molecular weight is 478 g/mol. The first-order valence-electron chi connectivity index (χ1n) is 12.3. The highest BCUT2D eigenvalue weighted by Crippen LogP contribution is 2.74. The molecule has 3 aromatic carbocycles. The second-order valence-electron chi connectivity index (χ2n) is 9.98. The summed E-state index contributed by atoms with van der Waals surface area (Å²) in [5.41, 5.74) is 1.79. The number of para-hydroxylation sites is 2. The van der Waals surface area contributed by atoms with Crippen LogP contribution in [0, 0.1) is 22.7 Å². The highest BCUT2D eigenvalue weighted by Gasteiger charge is 2.79. The van der Waals surface area contributed by atoms with Gasteiger partial charge in [-0.2, -0.15) is 0 Å². The summed E-state index contributed by atoms with van der Waals surface area (Å²) in [6, 6.07) is 26.7. The number of methoxy groups -OCH3 is 1. The summed E-state index contributed by atoms with van der Waals surface area (Å²) < 4.78 is 5.50. The van der Waals surface area contributed by atoms with Crippen LogP contribution in [-0.2, 0) is 14.4 Å². The fraction of sp³-hybridized carbons (Fsp3) is 0.258. The number of carbonyl (C=O) groups is 3. The maximum absolute atomic E-state index is 14.5. The number of ketones is 1. The van der Waals surface area contributed by atoms with Crippen molar-refractivity contribution in [2.45, 2.75) is 20.3 Å². The molecule has 2 amide bonds. The molecule has 0 radical (unpaired) electrons. The summed E-state index contributed by atoms with van der Waals surface area (Å²) in [7, 11) is 1.52. The molecule has 180 valence electrons. The molecule has 0 unspecified atom stereocenters. The first-order valence-corrected chi connectivity index (χ1v) is 12.3. The molecule has 2 fully saturated rings. The Morgan fingerprint density at radius 1 is 0.750 bits per heavy atom. The third-order valence-electron chi connectivity index (χ3n) is 8.56. The number of allylic oxidation sites excluding steroid dienone is 2. The number of hydrogen-bond donors (Lipinski definition) is 0. The van der Waals surface area contributed by atoms with Gasteiger partial charge in [-0.25, -0.2) is 4.90 Å². The number of fused-ring (bicyclic) bond motifs is 5. The molecule has 1 saturated heterocycles. The molecular weight excluding hydrogens is 450 g/mol. The van der Waals surface area contributed by atoms with Gasteiger partial charge in [0.05, 0.1) is 35.5 Å². The normalized spacial score (nSPS) is 28.8. The molecule has 4 atom stereocenters. The van der Waals surface area contributed by atoms with E-state index in [0.29, 0.717) is 17.9 Å². The van der Waals surface area contributed by atoms with E-state index in [1.165, 1.54) is 12.0 Å². The highest BCUT2D eigenvalue weighted by atomic mass is 16.5. The maximum atomic E-state index is 14.5. The molecule has 1 saturated carbocycles. The Bertz CT molecular complexity index is 1440. The highest BCUT2D eigenvalue weighted by molar-refractivity contribution is 6.34. The fourth-order valence-corrected chi connectivity index (χ4v) is 7.18. The number of ether oxygens (including phenoxy) is 1. The Hall–Kier alpha value is -3.99. The van der Waals surface area contributed by atoms with Crippen LogP contribution >= 0.6 is 0 Å². The van der Waals surface area contributed by atoms with Gasteiger partial charge in [-0.15, -0.1) is 0 Å². The van der Waals surface area contributed by atoms with Crippen molar-refractivity contribution in [2.75, 3.05) is 12.0 Å². The van der Waals surface area contributed by atoms with Crippen molar-refractivity contribution in [2.24, 2.45) is 22.7 Å². The zero-order chi connectivity index (χ0) is 25.2. The molecule has 2 aliphatic carbocycles. The fourth-order valence-electron chi connectivity index (χ4n) is 7.18. The van der Waals surface area contributed by atoms with Crippen LogP contribution in [0.15, 0.2) is 84.9 Å². The molecule has 3 aromatic rings. The average Bonchev–Trinajstić information content (AvgIpc) is 3.39. The molecule has 3 aliphatic rings. The van der Waals surface area contributed by atoms with E-state index in [0.717, 1.165) is 22.3 Å². The lowest BCUT2D eigenvalue weighted by Gasteiger charge is -2.37. The van der Waals surface area contributed by atoms with Crippen molar-refractivity contribution in [1.82, 2.24) is 0 Å². The Morgan fingerprint density at radius 2 is 1.28 bits per heavy atom. The molecule has 2 bridgehead atoms. The first-order chi connectivity index (χ1) is 17.4. The predicted molar refractivity (Wildman–Crippen MR) is 138 cm³/mol. The molecule has 5 heteroatoms. The lowest BCUT2D eigenvalue weighted by atomic mass is 9.62. The van der Waals surface area contributed by atoms with Gasteiger partial charge in [-0.3, -0.25) is 14.4 Å². The Morgan fingerprint density at radius 3 is 1.86 bits per heavy atom. The summed E-state index contributed by atoms with van der Waals surface area (Å²) >= 11 is 0. The van der Waals surface area contributed by atoms with Gasteiger partial charge in [0.2, 0.25) is 11.8 Å². The van der Waals surface area contributed by atoms with Crippen LogP contribution in [-0.4, -0.2) is 24.7 Å². The van der Waals surface area contributed by atoms with Crippen molar-refractivity contribution in [3.8, 4) is 5.75 Å². The summed E-state index contributed by atoms with van der Waals surface area (Å²) in [4.78, 5) is 44.1. The monoisotopic (exact) mass is 477 g/mol. The molecular formula is C31H27NO4. The lowest BCUT2D eigenvalue weighted by Crippen LogP contribution is -2.41. The van der Waals surface area contributed by atoms with Gasteiger partial charge in [0.1, 0.15) is 5.75 Å². The third-order valence-corrected chi connectivity index (χ3v) is 8.56. The number of amides is 2. The Balaban J connectivity index is 1.65. The van der Waals surface area contributed by atoms with Crippen LogP contribution < -0.4 is 9.64 Å². The molecule has 0 spiro atoms. The van der Waals surface area contributed by atoms with Crippen molar-refractivity contribution in [3.05, 3.63) is 96.1 Å². The summed E-state index contributed by atoms with van der Waals surface area (Å²) in [6.07, 6.45) is 0.432. The number of anilines is 1. The largest absolute Gasteiger partial charge is 0.495 e. The van der Waals surface area contributed by atoms with E-state index in [9.17, 15) is 14.4 Å². The number of carbonyl (C=O) groups excluding carboxylic acids is 3. The van der Waals surface area contributed by atoms with Gasteiger partial charge < -0.3 is 4.74 Å². The smallest absolute Gasteiger partial charge is 0.239 e. The second kappa shape index (κ2) is 7.76. The minimum Gasteiger partial charge on any atom is -0.495 e. The zero-order valence-corrected chi connectivity index (χ0v) is 20.5. The quantitative estimate of drug-likeness (QED) is 0.461. The molecule has 0 N–H and O–H groups in total. The number of hydrogen-bond acceptors (Lipinski definition) is 4. The van der Waals surface area contributed by atoms with E-state index >= 15 is 0 Å². The number of nitrogens with zero attached hydrogens (tertiary/aromatic N) is 1. The number of imide groups is 1. The van der Waals surface area contributed by atoms with Crippen molar-refractivity contribution >= 4 is 34.4 Å². The molecule has 0 aromatic heterocycles. The summed E-state index contributed by atoms with van der Waals surface area (Å²) in [5, 5.41) is 0. The summed E-state index contributed by atoms with van der Waals surface area (Å²) in [5.74, 6) is -1.76. The van der Waals surface area contributed by atoms with E-state index in [1.807, 2.05) is 74.5 Å². The van der Waals surface area contributed by atoms with Crippen LogP contribution in [0.5, 0.6) is 5.75 Å². The van der Waals surface area contributed by atoms with Gasteiger partial charge in [0.25, 0.3) is 0 Å². The van der Waals surface area contributed by atoms with Crippen molar-refractivity contribution in [1.29, 1.82) is 0 Å². The topological polar surface area (TPSA) is 63.7 Å². The Labute approximate surface area is 210 Å². The van der Waals surface area contributed by atoms with E-state index in [4.69, 9.17) is 4.74 Å². The van der Waals surface area contributed by atoms with Gasteiger partial charge in [-0.05, 0) is 47.8 Å². The van der Waals surface area contributed by atoms with Crippen LogP contribution in [0.4, 0.5) is 5.69 Å². The van der Waals surface area contributed by atoms with Crippen LogP contribution in [0.1, 0.15) is 31.4 Å². The number of benzene rings is 3. The third kappa shape index (κ3) is 2.53. The molecule has 1 aliphatic heterocycles. The standard InChI is InChI=1S/C31H27NO4/c1-4-31-24(20-15-9-6-10-16-20)23(19-13-7-5-8-14-19)30(2,29(31)35)25-26(31)28(34)32(27(25)33)21-17-11-12-18-22(21)36-3/h5-18,25-26H,4H2,1-3H3/t25-,26-,30-,31-/m0/s1. The van der Waals surface area contributed by atoms with E-state index in [-0.39, 0.29) is 17.6 Å². The van der Waals surface area contributed by atoms with Gasteiger partial charge in [-0.1, -0.05) is 79.7 Å². The van der Waals surface area contributed by atoms with Crippen LogP contribution in [0.3, 0.4) is 0 Å². The lowest BCUT2D eigenvalue weighted by molar-refractivity contribution is -0.134. The van der Waals surface area contributed by atoms with Gasteiger partial charge >= 0.3 is 0 Å². The SMILES string of the molecule is CC[C@]12C(=O)[C@@](C)(C(c3ccccc3)=C1c1ccccc1)[C@@H]1C(=O)N(c3ccccc3OC)C(=O)[C@H]12. The zero-order valence-electron chi connectivity index (χ0n) is 20.5. The van der Waals surface area contributed by atoms with E-state index in [2.05, 4.69) is 0 Å². The number of Topliss-reactive ketones (excluding diaryl/α,β-unsaturated/α-hetero) is 1. The minimum atomic E-state index is -1.13. The second-order valence-corrected chi connectivity index (χ2v) is 9.98. The predicted octanol–water partition coefficient (Wildman–Crippen LogP) is 5.41. The molecule has 1 heterocycles. The first kappa shape index (κ1) is 22.5. The number of rotatable bonds is 5. The molecule has 6 rings (SSSR count). The van der Waals surface area contributed by atoms with Crippen molar-refractivity contribution < 1.29 is 19.1 Å². The van der Waals surface area contributed by atoms with Crippen LogP contribution in [0.25, 0.3) is 11.1 Å². The Kier molecular flexibility index (Phi) is 4.84. The summed E-state index contributed by atoms with van der Waals surface area (Å²) in [6.45, 7) is 3.83. The van der Waals surface area contributed by atoms with Crippen LogP contribution in [0.2, 0.25) is 0 Å². The van der Waals surface area contributed by atoms with E-state index in [1.54, 1.807) is 24.3 Å². The van der Waals surface area contributed by atoms with Gasteiger partial charge in [0.15, 0.2) is 5.78 Å². The van der Waals surface area contributed by atoms with Crippen molar-refractivity contribution in [3.63, 3.8) is 0 Å². The minimum absolute atomic E-state index is 0.0217. The molecule has 36 heavy (non-hydrogen) atoms. The maximum Gasteiger partial charge on any atom is 0.239 e. The van der Waals surface area contributed by atoms with Gasteiger partial charge in [0, 0.05) is 0 Å². The van der Waals surface area contributed by atoms with E-state index < -0.39 is 22.7 Å².